The molecule has 3 aliphatic rings. The molecule has 146 valence electrons. The van der Waals surface area contributed by atoms with Crippen molar-refractivity contribution in [3.05, 3.63) is 72.1 Å². The highest BCUT2D eigenvalue weighted by Gasteiger charge is 2.63. The third-order valence-corrected chi connectivity index (χ3v) is 6.48. The number of hydrogen-bond donors (Lipinski definition) is 1. The van der Waals surface area contributed by atoms with Gasteiger partial charge in [-0.25, -0.2) is 14.4 Å². The maximum Gasteiger partial charge on any atom is 0.228 e. The Morgan fingerprint density at radius 2 is 2.00 bits per heavy atom. The van der Waals surface area contributed by atoms with Gasteiger partial charge in [0.2, 0.25) is 5.91 Å². The van der Waals surface area contributed by atoms with Gasteiger partial charge in [0.1, 0.15) is 0 Å². The predicted octanol–water partition coefficient (Wildman–Crippen LogP) is 4.29. The highest BCUT2D eigenvalue weighted by Crippen LogP contribution is 2.63. The van der Waals surface area contributed by atoms with E-state index in [0.717, 1.165) is 48.5 Å². The second-order valence-electron chi connectivity index (χ2n) is 8.10. The molecule has 3 saturated carbocycles. The molecule has 0 saturated heterocycles. The van der Waals surface area contributed by atoms with Gasteiger partial charge in [0.25, 0.3) is 0 Å². The SMILES string of the molecule is Cc1ccc(NC(=O)[C@H]2C3CC[C@]2(c2ccccn2)C3)cc1-c1ncc(F)cn1. The molecule has 1 amide bonds. The third-order valence-electron chi connectivity index (χ3n) is 6.48. The second-order valence-corrected chi connectivity index (χ2v) is 8.10. The lowest BCUT2D eigenvalue weighted by Gasteiger charge is -2.46. The van der Waals surface area contributed by atoms with Crippen molar-refractivity contribution in [2.24, 2.45) is 11.8 Å². The number of pyridine rings is 1. The average Bonchev–Trinajstić information content (AvgIpc) is 3.32. The van der Waals surface area contributed by atoms with E-state index in [1.54, 1.807) is 6.20 Å². The number of amides is 1. The Morgan fingerprint density at radius 1 is 1.17 bits per heavy atom. The normalized spacial score (nSPS) is 24.8. The molecule has 1 N–H and O–H groups in total. The molecule has 6 heteroatoms. The summed E-state index contributed by atoms with van der Waals surface area (Å²) in [6.45, 7) is 1.94. The van der Waals surface area contributed by atoms with Gasteiger partial charge in [-0.3, -0.25) is 9.78 Å². The van der Waals surface area contributed by atoms with Gasteiger partial charge in [0, 0.05) is 28.6 Å². The van der Waals surface area contributed by atoms with Crippen LogP contribution < -0.4 is 5.32 Å². The summed E-state index contributed by atoms with van der Waals surface area (Å²) in [5.74, 6) is 0.371. The van der Waals surface area contributed by atoms with Crippen LogP contribution in [0.1, 0.15) is 30.5 Å². The summed E-state index contributed by atoms with van der Waals surface area (Å²) in [5.41, 5.74) is 3.33. The van der Waals surface area contributed by atoms with E-state index in [9.17, 15) is 9.18 Å². The van der Waals surface area contributed by atoms with Gasteiger partial charge in [-0.15, -0.1) is 0 Å². The number of halogens is 1. The molecular weight excluding hydrogens is 367 g/mol. The van der Waals surface area contributed by atoms with Crippen LogP contribution in [0.3, 0.4) is 0 Å². The number of aromatic nitrogens is 3. The molecule has 0 spiro atoms. The number of nitrogens with one attached hydrogen (secondary N) is 1. The Morgan fingerprint density at radius 3 is 2.72 bits per heavy atom. The van der Waals surface area contributed by atoms with E-state index in [2.05, 4.69) is 20.3 Å². The molecule has 3 aliphatic carbocycles. The zero-order chi connectivity index (χ0) is 20.0. The molecule has 6 rings (SSSR count). The van der Waals surface area contributed by atoms with Crippen LogP contribution in [0.15, 0.2) is 55.0 Å². The van der Waals surface area contributed by atoms with Crippen molar-refractivity contribution in [2.45, 2.75) is 31.6 Å². The number of anilines is 1. The lowest BCUT2D eigenvalue weighted by molar-refractivity contribution is -0.127. The lowest BCUT2D eigenvalue weighted by atomic mass is 9.58. The van der Waals surface area contributed by atoms with E-state index in [4.69, 9.17) is 0 Å². The van der Waals surface area contributed by atoms with E-state index in [1.165, 1.54) is 0 Å². The number of fused-ring (bicyclic) bond motifs is 1. The van der Waals surface area contributed by atoms with E-state index < -0.39 is 5.82 Å². The molecule has 0 radical (unpaired) electrons. The average molecular weight is 388 g/mol. The van der Waals surface area contributed by atoms with E-state index in [-0.39, 0.29) is 17.2 Å². The summed E-state index contributed by atoms with van der Waals surface area (Å²) in [5, 5.41) is 3.09. The first-order valence-corrected chi connectivity index (χ1v) is 9.88. The molecule has 2 heterocycles. The Labute approximate surface area is 168 Å². The van der Waals surface area contributed by atoms with Gasteiger partial charge in [-0.1, -0.05) is 12.1 Å². The van der Waals surface area contributed by atoms with Gasteiger partial charge in [0.05, 0.1) is 18.3 Å². The number of hydrogen-bond acceptors (Lipinski definition) is 4. The van der Waals surface area contributed by atoms with Crippen molar-refractivity contribution in [1.29, 1.82) is 0 Å². The van der Waals surface area contributed by atoms with Crippen LogP contribution in [0.4, 0.5) is 10.1 Å². The zero-order valence-electron chi connectivity index (χ0n) is 16.1. The molecule has 5 nitrogen and oxygen atoms in total. The Bertz CT molecular complexity index is 1070. The number of nitrogens with zero attached hydrogens (tertiary/aromatic N) is 3. The van der Waals surface area contributed by atoms with E-state index in [0.29, 0.717) is 17.4 Å². The van der Waals surface area contributed by atoms with Crippen molar-refractivity contribution in [3.8, 4) is 11.4 Å². The van der Waals surface area contributed by atoms with Crippen molar-refractivity contribution in [3.63, 3.8) is 0 Å². The van der Waals surface area contributed by atoms with Gasteiger partial charge in [-0.05, 0) is 61.9 Å². The monoisotopic (exact) mass is 388 g/mol. The minimum Gasteiger partial charge on any atom is -0.326 e. The molecule has 1 unspecified atom stereocenters. The number of aryl methyl sites for hydroxylation is 1. The van der Waals surface area contributed by atoms with Crippen LogP contribution in [0.25, 0.3) is 11.4 Å². The number of rotatable bonds is 4. The predicted molar refractivity (Wildman–Crippen MR) is 108 cm³/mol. The Kier molecular flexibility index (Phi) is 4.15. The molecule has 0 aliphatic heterocycles. The summed E-state index contributed by atoms with van der Waals surface area (Å²) in [6, 6.07) is 11.6. The molecule has 2 bridgehead atoms. The van der Waals surface area contributed by atoms with Crippen LogP contribution in [0.2, 0.25) is 0 Å². The molecule has 3 fully saturated rings. The maximum atomic E-state index is 13.2. The molecule has 29 heavy (non-hydrogen) atoms. The largest absolute Gasteiger partial charge is 0.326 e. The van der Waals surface area contributed by atoms with Gasteiger partial charge in [-0.2, -0.15) is 0 Å². The van der Waals surface area contributed by atoms with Crippen molar-refractivity contribution in [1.82, 2.24) is 15.0 Å². The summed E-state index contributed by atoms with van der Waals surface area (Å²) >= 11 is 0. The Balaban J connectivity index is 1.40. The number of carbonyl (C=O) groups is 1. The maximum absolute atomic E-state index is 13.2. The number of benzene rings is 1. The van der Waals surface area contributed by atoms with Gasteiger partial charge in [0.15, 0.2) is 11.6 Å². The lowest BCUT2D eigenvalue weighted by Crippen LogP contribution is -2.50. The van der Waals surface area contributed by atoms with Crippen molar-refractivity contribution < 1.29 is 9.18 Å². The first-order chi connectivity index (χ1) is 14.1. The van der Waals surface area contributed by atoms with Crippen LogP contribution in [-0.2, 0) is 10.2 Å². The zero-order valence-corrected chi connectivity index (χ0v) is 16.1. The van der Waals surface area contributed by atoms with Crippen LogP contribution in [0, 0.1) is 24.6 Å². The first-order valence-electron chi connectivity index (χ1n) is 9.88. The van der Waals surface area contributed by atoms with Gasteiger partial charge >= 0.3 is 0 Å². The summed E-state index contributed by atoms with van der Waals surface area (Å²) in [6.07, 6.45) is 7.21. The van der Waals surface area contributed by atoms with Crippen LogP contribution in [-0.4, -0.2) is 20.9 Å². The van der Waals surface area contributed by atoms with Crippen LogP contribution in [0.5, 0.6) is 0 Å². The minimum absolute atomic E-state index is 0.0410. The van der Waals surface area contributed by atoms with Crippen LogP contribution >= 0.6 is 0 Å². The Hall–Kier alpha value is -3.15. The quantitative estimate of drug-likeness (QED) is 0.724. The fourth-order valence-electron chi connectivity index (χ4n) is 5.10. The third kappa shape index (κ3) is 2.90. The number of carbonyl (C=O) groups excluding carboxylic acids is 1. The van der Waals surface area contributed by atoms with Crippen molar-refractivity contribution in [2.75, 3.05) is 5.32 Å². The highest BCUT2D eigenvalue weighted by molar-refractivity contribution is 5.95. The topological polar surface area (TPSA) is 67.8 Å². The molecule has 1 aromatic carbocycles. The standard InChI is InChI=1S/C23H21FN4O/c1-14-5-6-17(10-18(14)21-26-12-16(24)13-27-21)28-22(29)20-15-7-8-23(20,11-15)19-4-2-3-9-25-19/h2-6,9-10,12-13,15,20H,7-8,11H2,1H3,(H,28,29)/t15?,20-,23-/m1/s1. The van der Waals surface area contributed by atoms with E-state index >= 15 is 0 Å². The second kappa shape index (κ2) is 6.72. The summed E-state index contributed by atoms with van der Waals surface area (Å²) in [4.78, 5) is 25.9. The highest BCUT2D eigenvalue weighted by atomic mass is 19.1. The fourth-order valence-corrected chi connectivity index (χ4v) is 5.10. The fraction of sp³-hybridized carbons (Fsp3) is 0.304. The molecule has 3 aromatic rings. The molecular formula is C23H21FN4O. The minimum atomic E-state index is -0.476. The molecule has 2 aromatic heterocycles. The first kappa shape index (κ1) is 17.9. The van der Waals surface area contributed by atoms with Gasteiger partial charge < -0.3 is 5.32 Å². The summed E-state index contributed by atoms with van der Waals surface area (Å²) < 4.78 is 13.2. The molecule has 3 atom stereocenters. The van der Waals surface area contributed by atoms with Crippen molar-refractivity contribution >= 4 is 11.6 Å². The van der Waals surface area contributed by atoms with E-state index in [1.807, 2.05) is 43.3 Å². The summed E-state index contributed by atoms with van der Waals surface area (Å²) in [7, 11) is 0. The smallest absolute Gasteiger partial charge is 0.228 e.